The first-order valence-corrected chi connectivity index (χ1v) is 7.74. The Bertz CT molecular complexity index is 1040. The van der Waals surface area contributed by atoms with Gasteiger partial charge in [0.1, 0.15) is 11.3 Å². The van der Waals surface area contributed by atoms with Gasteiger partial charge in [-0.15, -0.1) is 0 Å². The highest BCUT2D eigenvalue weighted by Crippen LogP contribution is 2.30. The number of nitrogens with zero attached hydrogens (tertiary/aromatic N) is 2. The molecule has 0 aliphatic carbocycles. The molecule has 0 saturated heterocycles. The minimum Gasteiger partial charge on any atom is -0.545 e. The summed E-state index contributed by atoms with van der Waals surface area (Å²) in [5.41, 5.74) is 2.82. The largest absolute Gasteiger partial charge is 0.545 e. The maximum atomic E-state index is 10.8. The van der Waals surface area contributed by atoms with E-state index in [1.807, 2.05) is 60.7 Å². The Labute approximate surface area is 143 Å². The molecular formula is C20H13N2O3-. The molecule has 0 radical (unpaired) electrons. The van der Waals surface area contributed by atoms with Crippen LogP contribution in [-0.4, -0.2) is 15.7 Å². The van der Waals surface area contributed by atoms with E-state index in [2.05, 4.69) is 5.10 Å². The van der Waals surface area contributed by atoms with Gasteiger partial charge in [-0.25, -0.2) is 4.68 Å². The Balaban J connectivity index is 1.87. The fourth-order valence-electron chi connectivity index (χ4n) is 2.67. The van der Waals surface area contributed by atoms with Crippen LogP contribution >= 0.6 is 0 Å². The SMILES string of the molecule is O=C([O-])/C=C\c1cn(-c2ccccc2)nc1-c1cc2ccccc2o1. The van der Waals surface area contributed by atoms with Gasteiger partial charge in [0, 0.05) is 17.1 Å². The smallest absolute Gasteiger partial charge is 0.156 e. The van der Waals surface area contributed by atoms with Crippen molar-refractivity contribution >= 4 is 23.0 Å². The van der Waals surface area contributed by atoms with E-state index in [1.165, 1.54) is 6.08 Å². The summed E-state index contributed by atoms with van der Waals surface area (Å²) in [6, 6.07) is 19.1. The number of aromatic nitrogens is 2. The van der Waals surface area contributed by atoms with Gasteiger partial charge in [-0.2, -0.15) is 5.10 Å². The molecular weight excluding hydrogens is 316 g/mol. The number of aliphatic carboxylic acids is 1. The quantitative estimate of drug-likeness (QED) is 0.540. The van der Waals surface area contributed by atoms with Crippen molar-refractivity contribution in [3.05, 3.63) is 78.5 Å². The van der Waals surface area contributed by atoms with E-state index in [4.69, 9.17) is 4.42 Å². The molecule has 0 atom stereocenters. The summed E-state index contributed by atoms with van der Waals surface area (Å²) < 4.78 is 7.57. The summed E-state index contributed by atoms with van der Waals surface area (Å²) in [4.78, 5) is 10.8. The van der Waals surface area contributed by atoms with Crippen molar-refractivity contribution in [3.63, 3.8) is 0 Å². The lowest BCUT2D eigenvalue weighted by Crippen LogP contribution is -2.18. The molecule has 0 aliphatic rings. The minimum atomic E-state index is -1.26. The number of rotatable bonds is 4. The topological polar surface area (TPSA) is 71.1 Å². The fourth-order valence-corrected chi connectivity index (χ4v) is 2.67. The van der Waals surface area contributed by atoms with Gasteiger partial charge in [-0.05, 0) is 36.4 Å². The summed E-state index contributed by atoms with van der Waals surface area (Å²) >= 11 is 0. The van der Waals surface area contributed by atoms with Gasteiger partial charge in [0.25, 0.3) is 0 Å². The molecule has 122 valence electrons. The number of benzene rings is 2. The Morgan fingerprint density at radius 3 is 2.60 bits per heavy atom. The van der Waals surface area contributed by atoms with Crippen molar-refractivity contribution in [2.75, 3.05) is 0 Å². The number of fused-ring (bicyclic) bond motifs is 1. The monoisotopic (exact) mass is 329 g/mol. The molecule has 0 spiro atoms. The number of carboxylic acids is 1. The molecule has 2 heterocycles. The van der Waals surface area contributed by atoms with E-state index < -0.39 is 5.97 Å². The van der Waals surface area contributed by atoms with Gasteiger partial charge in [0.15, 0.2) is 5.76 Å². The number of carbonyl (C=O) groups excluding carboxylic acids is 1. The number of hydrogen-bond donors (Lipinski definition) is 0. The van der Waals surface area contributed by atoms with Crippen LogP contribution in [0.4, 0.5) is 0 Å². The first kappa shape index (κ1) is 15.0. The Morgan fingerprint density at radius 1 is 1.08 bits per heavy atom. The average Bonchev–Trinajstić information content (AvgIpc) is 3.24. The third-order valence-corrected chi connectivity index (χ3v) is 3.82. The first-order valence-electron chi connectivity index (χ1n) is 7.74. The highest BCUT2D eigenvalue weighted by molar-refractivity contribution is 5.87. The van der Waals surface area contributed by atoms with Gasteiger partial charge in [0.2, 0.25) is 0 Å². The van der Waals surface area contributed by atoms with E-state index in [0.717, 1.165) is 22.7 Å². The molecule has 0 fully saturated rings. The summed E-state index contributed by atoms with van der Waals surface area (Å²) in [5.74, 6) is -0.683. The summed E-state index contributed by atoms with van der Waals surface area (Å²) in [7, 11) is 0. The number of carbonyl (C=O) groups is 1. The van der Waals surface area contributed by atoms with E-state index >= 15 is 0 Å². The van der Waals surface area contributed by atoms with Crippen molar-refractivity contribution in [3.8, 4) is 17.1 Å². The summed E-state index contributed by atoms with van der Waals surface area (Å²) in [5, 5.41) is 16.3. The highest BCUT2D eigenvalue weighted by Gasteiger charge is 2.14. The Hall–Kier alpha value is -3.60. The van der Waals surface area contributed by atoms with Crippen molar-refractivity contribution < 1.29 is 14.3 Å². The van der Waals surface area contributed by atoms with Gasteiger partial charge < -0.3 is 14.3 Å². The maximum absolute atomic E-state index is 10.8. The molecule has 4 aromatic rings. The third-order valence-electron chi connectivity index (χ3n) is 3.82. The number of hydrogen-bond acceptors (Lipinski definition) is 4. The lowest BCUT2D eigenvalue weighted by molar-refractivity contribution is -0.297. The van der Waals surface area contributed by atoms with Crippen molar-refractivity contribution in [2.45, 2.75) is 0 Å². The maximum Gasteiger partial charge on any atom is 0.156 e. The van der Waals surface area contributed by atoms with Crippen molar-refractivity contribution in [1.82, 2.24) is 9.78 Å². The van der Waals surface area contributed by atoms with Crippen LogP contribution in [0, 0.1) is 0 Å². The molecule has 0 aliphatic heterocycles. The molecule has 25 heavy (non-hydrogen) atoms. The Morgan fingerprint density at radius 2 is 1.84 bits per heavy atom. The van der Waals surface area contributed by atoms with Gasteiger partial charge in [0.05, 0.1) is 11.7 Å². The zero-order chi connectivity index (χ0) is 17.2. The molecule has 0 amide bonds. The summed E-state index contributed by atoms with van der Waals surface area (Å²) in [6.45, 7) is 0. The van der Waals surface area contributed by atoms with Crippen LogP contribution in [0.3, 0.4) is 0 Å². The van der Waals surface area contributed by atoms with Gasteiger partial charge in [-0.1, -0.05) is 36.4 Å². The van der Waals surface area contributed by atoms with E-state index in [-0.39, 0.29) is 0 Å². The van der Waals surface area contributed by atoms with Crippen LogP contribution < -0.4 is 5.11 Å². The van der Waals surface area contributed by atoms with Crippen molar-refractivity contribution in [1.29, 1.82) is 0 Å². The molecule has 0 bridgehead atoms. The Kier molecular flexibility index (Phi) is 3.67. The van der Waals surface area contributed by atoms with Gasteiger partial charge in [-0.3, -0.25) is 0 Å². The average molecular weight is 329 g/mol. The van der Waals surface area contributed by atoms with Crippen LogP contribution in [0.1, 0.15) is 5.56 Å². The molecule has 2 aromatic carbocycles. The second-order valence-electron chi connectivity index (χ2n) is 5.51. The molecule has 5 nitrogen and oxygen atoms in total. The van der Waals surface area contributed by atoms with Gasteiger partial charge >= 0.3 is 0 Å². The molecule has 0 unspecified atom stereocenters. The van der Waals surface area contributed by atoms with E-state index in [9.17, 15) is 9.90 Å². The second-order valence-corrected chi connectivity index (χ2v) is 5.51. The fraction of sp³-hybridized carbons (Fsp3) is 0. The number of furan rings is 1. The number of para-hydroxylation sites is 2. The zero-order valence-electron chi connectivity index (χ0n) is 13.1. The summed E-state index contributed by atoms with van der Waals surface area (Å²) in [6.07, 6.45) is 4.21. The molecule has 4 rings (SSSR count). The molecule has 2 aromatic heterocycles. The van der Waals surface area contributed by atoms with Crippen LogP contribution in [0.15, 0.2) is 77.4 Å². The van der Waals surface area contributed by atoms with Crippen LogP contribution in [0.2, 0.25) is 0 Å². The third kappa shape index (κ3) is 2.95. The predicted molar refractivity (Wildman–Crippen MR) is 92.8 cm³/mol. The van der Waals surface area contributed by atoms with Crippen molar-refractivity contribution in [2.24, 2.45) is 0 Å². The predicted octanol–water partition coefficient (Wildman–Crippen LogP) is 3.05. The van der Waals surface area contributed by atoms with Crippen LogP contribution in [0.5, 0.6) is 0 Å². The van der Waals surface area contributed by atoms with Crippen LogP contribution in [0.25, 0.3) is 34.2 Å². The van der Waals surface area contributed by atoms with E-state index in [0.29, 0.717) is 17.0 Å². The normalized spacial score (nSPS) is 11.4. The zero-order valence-corrected chi connectivity index (χ0v) is 13.1. The molecule has 5 heteroatoms. The second kappa shape index (κ2) is 6.13. The lowest BCUT2D eigenvalue weighted by Gasteiger charge is -1.98. The molecule has 0 saturated carbocycles. The molecule has 0 N–H and O–H groups in total. The highest BCUT2D eigenvalue weighted by atomic mass is 16.4. The van der Waals surface area contributed by atoms with Crippen LogP contribution in [-0.2, 0) is 4.79 Å². The lowest BCUT2D eigenvalue weighted by atomic mass is 10.2. The first-order chi connectivity index (χ1) is 12.2. The number of carboxylic acid groups (broad SMARTS) is 1. The standard InChI is InChI=1S/C20H14N2O3/c23-19(24)11-10-15-13-22(16-7-2-1-3-8-16)21-20(15)18-12-14-6-4-5-9-17(14)25-18/h1-13H,(H,23,24)/p-1/b11-10-. The minimum absolute atomic E-state index is 0.567. The van der Waals surface area contributed by atoms with E-state index in [1.54, 1.807) is 10.9 Å².